The fourth-order valence-corrected chi connectivity index (χ4v) is 3.79. The highest BCUT2D eigenvalue weighted by atomic mass is 16.6. The van der Waals surface area contributed by atoms with Crippen molar-refractivity contribution in [3.05, 3.63) is 54.6 Å². The highest BCUT2D eigenvalue weighted by Gasteiger charge is 2.40. The van der Waals surface area contributed by atoms with Gasteiger partial charge in [0.15, 0.2) is 5.75 Å². The Morgan fingerprint density at radius 2 is 1.69 bits per heavy atom. The maximum absolute atomic E-state index is 12.2. The number of ether oxygens (including phenoxy) is 3. The van der Waals surface area contributed by atoms with Crippen LogP contribution < -0.4 is 10.1 Å². The van der Waals surface area contributed by atoms with E-state index in [4.69, 9.17) is 14.2 Å². The first-order valence-corrected chi connectivity index (χ1v) is 11.6. The standard InChI is InChI=1S/C26H33NO5/c1-2-3-6-15-21-23(32-25(21)28)17-9-5-12-19-30-26(29)27-22-16-10-11-18-24(22)31-20-13-7-4-8-14-20/h4,7-8,10-11,13-14,16,18,21,23H,2-3,5-6,9,12,15,17,19H2,1H3,(H,27,29). The number of hydrogen-bond acceptors (Lipinski definition) is 5. The number of anilines is 1. The number of carbonyl (C=O) groups is 2. The van der Waals surface area contributed by atoms with E-state index in [0.29, 0.717) is 23.8 Å². The zero-order chi connectivity index (χ0) is 22.6. The number of esters is 1. The van der Waals surface area contributed by atoms with E-state index < -0.39 is 6.09 Å². The van der Waals surface area contributed by atoms with Crippen LogP contribution in [0.3, 0.4) is 0 Å². The van der Waals surface area contributed by atoms with E-state index in [1.54, 1.807) is 12.1 Å². The first-order valence-electron chi connectivity index (χ1n) is 11.6. The van der Waals surface area contributed by atoms with Crippen LogP contribution >= 0.6 is 0 Å². The van der Waals surface area contributed by atoms with Crippen molar-refractivity contribution in [2.24, 2.45) is 5.92 Å². The maximum Gasteiger partial charge on any atom is 0.411 e. The molecule has 0 radical (unpaired) electrons. The Labute approximate surface area is 190 Å². The first-order chi connectivity index (χ1) is 15.7. The summed E-state index contributed by atoms with van der Waals surface area (Å²) in [6.45, 7) is 2.51. The zero-order valence-electron chi connectivity index (χ0n) is 18.8. The summed E-state index contributed by atoms with van der Waals surface area (Å²) in [5.74, 6) is 1.29. The highest BCUT2D eigenvalue weighted by molar-refractivity contribution is 5.86. The van der Waals surface area contributed by atoms with Crippen LogP contribution in [0.5, 0.6) is 11.5 Å². The van der Waals surface area contributed by atoms with Gasteiger partial charge in [-0.25, -0.2) is 4.79 Å². The fraction of sp³-hybridized carbons (Fsp3) is 0.462. The number of cyclic esters (lactones) is 1. The van der Waals surface area contributed by atoms with Crippen molar-refractivity contribution in [2.75, 3.05) is 11.9 Å². The topological polar surface area (TPSA) is 73.9 Å². The maximum atomic E-state index is 12.2. The number of benzene rings is 2. The Hall–Kier alpha value is -3.02. The van der Waals surface area contributed by atoms with Crippen LogP contribution in [-0.4, -0.2) is 24.8 Å². The molecule has 6 nitrogen and oxygen atoms in total. The lowest BCUT2D eigenvalue weighted by atomic mass is 9.88. The minimum absolute atomic E-state index is 0.0392. The quantitative estimate of drug-likeness (QED) is 0.277. The summed E-state index contributed by atoms with van der Waals surface area (Å²) in [5, 5.41) is 2.75. The van der Waals surface area contributed by atoms with Gasteiger partial charge in [0.2, 0.25) is 0 Å². The lowest BCUT2D eigenvalue weighted by molar-refractivity contribution is -0.186. The van der Waals surface area contributed by atoms with E-state index in [9.17, 15) is 9.59 Å². The van der Waals surface area contributed by atoms with Crippen LogP contribution in [0.25, 0.3) is 0 Å². The van der Waals surface area contributed by atoms with E-state index in [1.807, 2.05) is 42.5 Å². The Balaban J connectivity index is 1.31. The minimum Gasteiger partial charge on any atom is -0.461 e. The van der Waals surface area contributed by atoms with Crippen molar-refractivity contribution in [1.29, 1.82) is 0 Å². The summed E-state index contributed by atoms with van der Waals surface area (Å²) >= 11 is 0. The minimum atomic E-state index is -0.502. The molecule has 0 spiro atoms. The molecule has 2 unspecified atom stereocenters. The van der Waals surface area contributed by atoms with Gasteiger partial charge in [0.05, 0.1) is 18.2 Å². The second-order valence-electron chi connectivity index (χ2n) is 8.10. The van der Waals surface area contributed by atoms with Gasteiger partial charge in [0, 0.05) is 0 Å². The molecule has 1 aliphatic rings. The second-order valence-corrected chi connectivity index (χ2v) is 8.10. The SMILES string of the molecule is CCCCCC1C(=O)OC1CCCCCOC(=O)Nc1ccccc1Oc1ccccc1. The van der Waals surface area contributed by atoms with Crippen LogP contribution in [0.2, 0.25) is 0 Å². The van der Waals surface area contributed by atoms with Gasteiger partial charge in [-0.1, -0.05) is 56.5 Å². The predicted molar refractivity (Wildman–Crippen MR) is 124 cm³/mol. The molecular weight excluding hydrogens is 406 g/mol. The van der Waals surface area contributed by atoms with Crippen LogP contribution in [0, 0.1) is 5.92 Å². The molecule has 1 heterocycles. The molecule has 0 bridgehead atoms. The molecule has 0 aromatic heterocycles. The summed E-state index contributed by atoms with van der Waals surface area (Å²) < 4.78 is 16.5. The summed E-state index contributed by atoms with van der Waals surface area (Å²) in [6.07, 6.45) is 7.48. The number of unbranched alkanes of at least 4 members (excludes halogenated alkanes) is 4. The summed E-state index contributed by atoms with van der Waals surface area (Å²) in [5.41, 5.74) is 0.558. The zero-order valence-corrected chi connectivity index (χ0v) is 18.8. The number of amides is 1. The molecule has 1 saturated heterocycles. The Morgan fingerprint density at radius 1 is 0.938 bits per heavy atom. The first kappa shape index (κ1) is 23.6. The lowest BCUT2D eigenvalue weighted by Gasteiger charge is -2.35. The number of rotatable bonds is 13. The van der Waals surface area contributed by atoms with Gasteiger partial charge in [0.25, 0.3) is 0 Å². The molecule has 0 saturated carbocycles. The summed E-state index contributed by atoms with van der Waals surface area (Å²) in [4.78, 5) is 23.8. The molecule has 2 aromatic rings. The van der Waals surface area contributed by atoms with E-state index >= 15 is 0 Å². The number of hydrogen-bond donors (Lipinski definition) is 1. The highest BCUT2D eigenvalue weighted by Crippen LogP contribution is 2.31. The molecule has 172 valence electrons. The van der Waals surface area contributed by atoms with Gasteiger partial charge in [-0.2, -0.15) is 0 Å². The van der Waals surface area contributed by atoms with Gasteiger partial charge in [-0.05, 0) is 56.4 Å². The second kappa shape index (κ2) is 12.7. The third kappa shape index (κ3) is 7.29. The largest absolute Gasteiger partial charge is 0.461 e. The Bertz CT molecular complexity index is 854. The van der Waals surface area contributed by atoms with E-state index in [1.165, 1.54) is 6.42 Å². The van der Waals surface area contributed by atoms with E-state index in [-0.39, 0.29) is 18.0 Å². The molecule has 6 heteroatoms. The van der Waals surface area contributed by atoms with E-state index in [0.717, 1.165) is 44.9 Å². The van der Waals surface area contributed by atoms with Crippen LogP contribution in [0.4, 0.5) is 10.5 Å². The monoisotopic (exact) mass is 439 g/mol. The molecule has 1 aliphatic heterocycles. The van der Waals surface area contributed by atoms with Crippen molar-refractivity contribution in [2.45, 2.75) is 64.4 Å². The number of carbonyl (C=O) groups excluding carboxylic acids is 2. The molecule has 2 aromatic carbocycles. The third-order valence-electron chi connectivity index (χ3n) is 5.60. The van der Waals surface area contributed by atoms with Crippen molar-refractivity contribution in [3.8, 4) is 11.5 Å². The number of para-hydroxylation sites is 3. The average molecular weight is 440 g/mol. The van der Waals surface area contributed by atoms with Gasteiger partial charge in [-0.15, -0.1) is 0 Å². The summed E-state index contributed by atoms with van der Waals surface area (Å²) in [7, 11) is 0. The molecule has 32 heavy (non-hydrogen) atoms. The van der Waals surface area contributed by atoms with Gasteiger partial charge < -0.3 is 14.2 Å². The van der Waals surface area contributed by atoms with Gasteiger partial charge in [-0.3, -0.25) is 10.1 Å². The van der Waals surface area contributed by atoms with Crippen LogP contribution in [0.15, 0.2) is 54.6 Å². The molecule has 2 atom stereocenters. The van der Waals surface area contributed by atoms with Crippen LogP contribution in [-0.2, 0) is 14.3 Å². The van der Waals surface area contributed by atoms with Crippen molar-refractivity contribution < 1.29 is 23.8 Å². The predicted octanol–water partition coefficient (Wildman–Crippen LogP) is 6.71. The summed E-state index contributed by atoms with van der Waals surface area (Å²) in [6, 6.07) is 16.7. The average Bonchev–Trinajstić information content (AvgIpc) is 2.80. The Morgan fingerprint density at radius 3 is 2.47 bits per heavy atom. The van der Waals surface area contributed by atoms with Crippen LogP contribution in [0.1, 0.15) is 58.3 Å². The molecule has 1 fully saturated rings. The molecular formula is C26H33NO5. The normalized spacial score (nSPS) is 17.2. The molecule has 1 amide bonds. The fourth-order valence-electron chi connectivity index (χ4n) is 3.79. The number of nitrogens with one attached hydrogen (secondary N) is 1. The van der Waals surface area contributed by atoms with Crippen molar-refractivity contribution in [1.82, 2.24) is 0 Å². The third-order valence-corrected chi connectivity index (χ3v) is 5.60. The molecule has 0 aliphatic carbocycles. The van der Waals surface area contributed by atoms with E-state index in [2.05, 4.69) is 12.2 Å². The van der Waals surface area contributed by atoms with Crippen molar-refractivity contribution in [3.63, 3.8) is 0 Å². The van der Waals surface area contributed by atoms with Gasteiger partial charge >= 0.3 is 12.1 Å². The molecule has 3 rings (SSSR count). The smallest absolute Gasteiger partial charge is 0.411 e. The van der Waals surface area contributed by atoms with Gasteiger partial charge in [0.1, 0.15) is 11.9 Å². The molecule has 1 N–H and O–H groups in total. The van der Waals surface area contributed by atoms with Crippen molar-refractivity contribution >= 4 is 17.7 Å². The Kier molecular flexibility index (Phi) is 9.41. The lowest BCUT2D eigenvalue weighted by Crippen LogP contribution is -2.44.